The largest absolute Gasteiger partial charge is 0.488 e. The van der Waals surface area contributed by atoms with E-state index in [4.69, 9.17) is 14.1 Å². The van der Waals surface area contributed by atoms with Crippen molar-refractivity contribution in [2.24, 2.45) is 0 Å². The van der Waals surface area contributed by atoms with E-state index in [0.29, 0.717) is 12.5 Å². The molecule has 0 spiro atoms. The predicted molar refractivity (Wildman–Crippen MR) is 122 cm³/mol. The van der Waals surface area contributed by atoms with Crippen LogP contribution in [0.1, 0.15) is 31.9 Å². The standard InChI is InChI=1S/C24H22INO2/c1-24(2,3)17-9-11-22-20(13-17)26-23(28-22)19-14-18(25)10-12-21(19)27-15-16-7-5-4-6-8-16/h4-14H,15H2,1-3H3. The molecule has 1 heterocycles. The van der Waals surface area contributed by atoms with E-state index in [1.54, 1.807) is 0 Å². The summed E-state index contributed by atoms with van der Waals surface area (Å²) in [5, 5.41) is 0. The number of halogens is 1. The first kappa shape index (κ1) is 19.0. The van der Waals surface area contributed by atoms with Crippen molar-refractivity contribution in [2.75, 3.05) is 0 Å². The van der Waals surface area contributed by atoms with E-state index in [2.05, 4.69) is 73.7 Å². The Hall–Kier alpha value is -2.34. The maximum absolute atomic E-state index is 6.10. The summed E-state index contributed by atoms with van der Waals surface area (Å²) in [7, 11) is 0. The Labute approximate surface area is 178 Å². The van der Waals surface area contributed by atoms with Crippen LogP contribution in [0.5, 0.6) is 5.75 Å². The molecule has 142 valence electrons. The van der Waals surface area contributed by atoms with Crippen LogP contribution in [0.15, 0.2) is 71.1 Å². The van der Waals surface area contributed by atoms with E-state index in [-0.39, 0.29) is 5.41 Å². The molecule has 0 aliphatic heterocycles. The van der Waals surface area contributed by atoms with E-state index < -0.39 is 0 Å². The summed E-state index contributed by atoms with van der Waals surface area (Å²) in [5.74, 6) is 1.36. The lowest BCUT2D eigenvalue weighted by Crippen LogP contribution is -2.10. The second kappa shape index (κ2) is 7.59. The molecule has 3 nitrogen and oxygen atoms in total. The molecule has 0 unspecified atom stereocenters. The van der Waals surface area contributed by atoms with Crippen molar-refractivity contribution < 1.29 is 9.15 Å². The van der Waals surface area contributed by atoms with Crippen LogP contribution in [0.25, 0.3) is 22.6 Å². The van der Waals surface area contributed by atoms with Crippen molar-refractivity contribution in [3.63, 3.8) is 0 Å². The number of fused-ring (bicyclic) bond motifs is 1. The van der Waals surface area contributed by atoms with E-state index in [9.17, 15) is 0 Å². The number of aromatic nitrogens is 1. The van der Waals surface area contributed by atoms with E-state index in [0.717, 1.165) is 31.5 Å². The molecule has 0 saturated carbocycles. The Balaban J connectivity index is 1.70. The third-order valence-electron chi connectivity index (χ3n) is 4.66. The van der Waals surface area contributed by atoms with Gasteiger partial charge in [-0.3, -0.25) is 0 Å². The van der Waals surface area contributed by atoms with Crippen LogP contribution in [0.2, 0.25) is 0 Å². The minimum Gasteiger partial charge on any atom is -0.488 e. The summed E-state index contributed by atoms with van der Waals surface area (Å²) in [4.78, 5) is 4.76. The third kappa shape index (κ3) is 4.07. The smallest absolute Gasteiger partial charge is 0.231 e. The van der Waals surface area contributed by atoms with Crippen molar-refractivity contribution in [1.82, 2.24) is 4.98 Å². The van der Waals surface area contributed by atoms with Crippen LogP contribution in [-0.2, 0) is 12.0 Å². The molecular weight excluding hydrogens is 461 g/mol. The number of oxazole rings is 1. The van der Waals surface area contributed by atoms with Gasteiger partial charge in [-0.2, -0.15) is 0 Å². The molecule has 0 radical (unpaired) electrons. The Morgan fingerprint density at radius 1 is 0.964 bits per heavy atom. The predicted octanol–water partition coefficient (Wildman–Crippen LogP) is 6.98. The number of hydrogen-bond acceptors (Lipinski definition) is 3. The zero-order valence-corrected chi connectivity index (χ0v) is 18.4. The first-order valence-corrected chi connectivity index (χ1v) is 10.4. The zero-order chi connectivity index (χ0) is 19.7. The van der Waals surface area contributed by atoms with Crippen LogP contribution in [0, 0.1) is 3.57 Å². The molecule has 0 aliphatic carbocycles. The Morgan fingerprint density at radius 2 is 1.75 bits per heavy atom. The van der Waals surface area contributed by atoms with Crippen LogP contribution in [-0.4, -0.2) is 4.98 Å². The zero-order valence-electron chi connectivity index (χ0n) is 16.2. The van der Waals surface area contributed by atoms with Crippen molar-refractivity contribution in [3.05, 3.63) is 81.4 Å². The van der Waals surface area contributed by atoms with Gasteiger partial charge >= 0.3 is 0 Å². The molecule has 1 aromatic heterocycles. The van der Waals surface area contributed by atoms with Crippen LogP contribution >= 0.6 is 22.6 Å². The molecule has 4 heteroatoms. The van der Waals surface area contributed by atoms with Crippen molar-refractivity contribution in [1.29, 1.82) is 0 Å². The fraction of sp³-hybridized carbons (Fsp3) is 0.208. The van der Waals surface area contributed by atoms with Crippen molar-refractivity contribution in [2.45, 2.75) is 32.8 Å². The van der Waals surface area contributed by atoms with Crippen LogP contribution in [0.3, 0.4) is 0 Å². The number of ether oxygens (including phenoxy) is 1. The summed E-state index contributed by atoms with van der Waals surface area (Å²) in [5.41, 5.74) is 4.96. The van der Waals surface area contributed by atoms with Gasteiger partial charge in [-0.05, 0) is 69.5 Å². The fourth-order valence-corrected chi connectivity index (χ4v) is 3.53. The van der Waals surface area contributed by atoms with Gasteiger partial charge in [0.05, 0.1) is 5.56 Å². The molecule has 4 aromatic rings. The number of nitrogens with zero attached hydrogens (tertiary/aromatic N) is 1. The molecule has 0 N–H and O–H groups in total. The molecule has 0 atom stereocenters. The van der Waals surface area contributed by atoms with Gasteiger partial charge in [0.15, 0.2) is 5.58 Å². The average molecular weight is 483 g/mol. The number of hydrogen-bond donors (Lipinski definition) is 0. The van der Waals surface area contributed by atoms with E-state index in [1.807, 2.05) is 36.4 Å². The molecule has 0 amide bonds. The van der Waals surface area contributed by atoms with Crippen molar-refractivity contribution >= 4 is 33.7 Å². The lowest BCUT2D eigenvalue weighted by molar-refractivity contribution is 0.306. The molecular formula is C24H22INO2. The normalized spacial score (nSPS) is 11.7. The highest BCUT2D eigenvalue weighted by molar-refractivity contribution is 14.1. The summed E-state index contributed by atoms with van der Waals surface area (Å²) in [6.07, 6.45) is 0. The summed E-state index contributed by atoms with van der Waals surface area (Å²) in [6.45, 7) is 7.10. The lowest BCUT2D eigenvalue weighted by Gasteiger charge is -2.18. The maximum Gasteiger partial charge on any atom is 0.231 e. The Morgan fingerprint density at radius 3 is 2.50 bits per heavy atom. The second-order valence-corrected chi connectivity index (χ2v) is 9.11. The highest BCUT2D eigenvalue weighted by Gasteiger charge is 2.18. The number of benzene rings is 3. The van der Waals surface area contributed by atoms with Crippen molar-refractivity contribution in [3.8, 4) is 17.2 Å². The Kier molecular flexibility index (Phi) is 5.15. The molecule has 0 aliphatic rings. The third-order valence-corrected chi connectivity index (χ3v) is 5.33. The fourth-order valence-electron chi connectivity index (χ4n) is 3.04. The molecule has 28 heavy (non-hydrogen) atoms. The molecule has 0 bridgehead atoms. The molecule has 0 fully saturated rings. The minimum atomic E-state index is 0.0688. The topological polar surface area (TPSA) is 35.3 Å². The average Bonchev–Trinajstić information content (AvgIpc) is 3.10. The molecule has 3 aromatic carbocycles. The van der Waals surface area contributed by atoms with Gasteiger partial charge in [0, 0.05) is 3.57 Å². The van der Waals surface area contributed by atoms with Gasteiger partial charge in [-0.1, -0.05) is 57.2 Å². The maximum atomic E-state index is 6.10. The van der Waals surface area contributed by atoms with Gasteiger partial charge in [-0.25, -0.2) is 4.98 Å². The van der Waals surface area contributed by atoms with Gasteiger partial charge in [0.2, 0.25) is 5.89 Å². The van der Waals surface area contributed by atoms with Gasteiger partial charge in [-0.15, -0.1) is 0 Å². The van der Waals surface area contributed by atoms with Gasteiger partial charge in [0.1, 0.15) is 17.9 Å². The quantitative estimate of drug-likeness (QED) is 0.294. The van der Waals surface area contributed by atoms with Crippen LogP contribution in [0.4, 0.5) is 0 Å². The lowest BCUT2D eigenvalue weighted by atomic mass is 9.87. The van der Waals surface area contributed by atoms with Crippen LogP contribution < -0.4 is 4.74 Å². The van der Waals surface area contributed by atoms with Gasteiger partial charge in [0.25, 0.3) is 0 Å². The first-order valence-electron chi connectivity index (χ1n) is 9.28. The molecule has 4 rings (SSSR count). The highest BCUT2D eigenvalue weighted by Crippen LogP contribution is 2.35. The Bertz CT molecular complexity index is 1110. The van der Waals surface area contributed by atoms with E-state index in [1.165, 1.54) is 5.56 Å². The summed E-state index contributed by atoms with van der Waals surface area (Å²) >= 11 is 2.30. The highest BCUT2D eigenvalue weighted by atomic mass is 127. The SMILES string of the molecule is CC(C)(C)c1ccc2oc(-c3cc(I)ccc3OCc3ccccc3)nc2c1. The summed E-state index contributed by atoms with van der Waals surface area (Å²) < 4.78 is 13.3. The second-order valence-electron chi connectivity index (χ2n) is 7.87. The minimum absolute atomic E-state index is 0.0688. The first-order chi connectivity index (χ1) is 13.4. The van der Waals surface area contributed by atoms with E-state index >= 15 is 0 Å². The molecule has 0 saturated heterocycles. The summed E-state index contributed by atoms with van der Waals surface area (Å²) in [6, 6.07) is 22.4. The number of rotatable bonds is 4. The van der Waals surface area contributed by atoms with Gasteiger partial charge < -0.3 is 9.15 Å². The monoisotopic (exact) mass is 483 g/mol.